The predicted molar refractivity (Wildman–Crippen MR) is 79.8 cm³/mol. The molecule has 0 saturated carbocycles. The van der Waals surface area contributed by atoms with Gasteiger partial charge in [0.1, 0.15) is 0 Å². The van der Waals surface area contributed by atoms with E-state index in [-0.39, 0.29) is 17.0 Å². The molecule has 2 rings (SSSR count). The van der Waals surface area contributed by atoms with Gasteiger partial charge in [-0.15, -0.1) is 0 Å². The van der Waals surface area contributed by atoms with Gasteiger partial charge in [-0.1, -0.05) is 18.2 Å². The minimum Gasteiger partial charge on any atom is -0.595 e. The van der Waals surface area contributed by atoms with Crippen molar-refractivity contribution in [1.82, 2.24) is 0 Å². The zero-order valence-corrected chi connectivity index (χ0v) is 12.3. The Morgan fingerprint density at radius 1 is 1.13 bits per heavy atom. The number of carbonyl (C=O) groups excluding carboxylic acids is 2. The van der Waals surface area contributed by atoms with Crippen LogP contribution in [0.4, 0.5) is 5.69 Å². The van der Waals surface area contributed by atoms with E-state index in [1.807, 2.05) is 0 Å². The van der Waals surface area contributed by atoms with Crippen molar-refractivity contribution in [3.63, 3.8) is 0 Å². The average Bonchev–Trinajstić information content (AvgIpc) is 2.59. The Kier molecular flexibility index (Phi) is 5.42. The molecule has 0 bridgehead atoms. The van der Waals surface area contributed by atoms with Crippen molar-refractivity contribution >= 4 is 17.4 Å². The van der Waals surface area contributed by atoms with Crippen molar-refractivity contribution in [2.45, 2.75) is 0 Å². The fourth-order valence-corrected chi connectivity index (χ4v) is 1.92. The quantitative estimate of drug-likeness (QED) is 0.471. The lowest BCUT2D eigenvalue weighted by Crippen LogP contribution is -2.99. The summed E-state index contributed by atoms with van der Waals surface area (Å²) in [7, 11) is 1.34. The molecule has 0 spiro atoms. The second-order valence-corrected chi connectivity index (χ2v) is 4.59. The van der Waals surface area contributed by atoms with Gasteiger partial charge in [-0.3, -0.25) is 4.79 Å². The first kappa shape index (κ1) is 16.6. The Balaban J connectivity index is 2.06. The lowest BCUT2D eigenvalue weighted by molar-refractivity contribution is -0.991. The fraction of sp³-hybridized carbons (Fsp3) is 0.125. The van der Waals surface area contributed by atoms with Gasteiger partial charge in [0.05, 0.1) is 12.7 Å². The van der Waals surface area contributed by atoms with Crippen LogP contribution in [-0.4, -0.2) is 30.7 Å². The van der Waals surface area contributed by atoms with Crippen LogP contribution in [0.1, 0.15) is 20.7 Å². The van der Waals surface area contributed by atoms with E-state index in [2.05, 4.69) is 0 Å². The molecule has 0 fully saturated rings. The van der Waals surface area contributed by atoms with Crippen molar-refractivity contribution in [1.29, 1.82) is 0 Å². The largest absolute Gasteiger partial charge is 0.595 e. The number of ketones is 1. The molecule has 0 heterocycles. The molecule has 23 heavy (non-hydrogen) atoms. The molecule has 120 valence electrons. The molecule has 0 aliphatic carbocycles. The molecule has 1 atom stereocenters. The summed E-state index contributed by atoms with van der Waals surface area (Å²) < 4.78 is 9.85. The molecule has 0 aliphatic rings. The summed E-state index contributed by atoms with van der Waals surface area (Å²) >= 11 is 0. The van der Waals surface area contributed by atoms with E-state index in [1.165, 1.54) is 25.3 Å². The minimum absolute atomic E-state index is 0.129. The number of methoxy groups -OCH3 is 1. The highest BCUT2D eigenvalue weighted by molar-refractivity contribution is 6.00. The van der Waals surface area contributed by atoms with Gasteiger partial charge >= 0.3 is 5.97 Å². The molecule has 0 aliphatic heterocycles. The van der Waals surface area contributed by atoms with Crippen LogP contribution in [0, 0.1) is 5.21 Å². The topological polar surface area (TPSA) is 100 Å². The second-order valence-electron chi connectivity index (χ2n) is 4.59. The number of quaternary nitrogens is 1. The van der Waals surface area contributed by atoms with Crippen molar-refractivity contribution in [3.05, 3.63) is 64.9 Å². The molecule has 0 radical (unpaired) electrons. The molecule has 2 aromatic carbocycles. The second kappa shape index (κ2) is 7.50. The molecule has 7 heteroatoms. The molecule has 0 saturated heterocycles. The number of carbonyl (C=O) groups is 2. The lowest BCUT2D eigenvalue weighted by atomic mass is 10.1. The Morgan fingerprint density at radius 2 is 1.83 bits per heavy atom. The summed E-state index contributed by atoms with van der Waals surface area (Å²) in [5, 5.41) is 19.0. The normalized spacial score (nSPS) is 11.6. The molecular formula is C16H15NO6. The zero-order valence-electron chi connectivity index (χ0n) is 12.3. The molecule has 2 aromatic rings. The molecular weight excluding hydrogens is 302 g/mol. The maximum Gasteiger partial charge on any atom is 0.338 e. The first-order valence-electron chi connectivity index (χ1n) is 6.69. The van der Waals surface area contributed by atoms with Crippen molar-refractivity contribution in [3.8, 4) is 5.75 Å². The first-order chi connectivity index (χ1) is 11.0. The standard InChI is InChI=1S/C16H15NO6/c1-22-15-8-7-12(9-13(15)17(20)21)14(18)10-23-16(19)11-5-3-2-4-6-11/h2-9,17,20H,10H2,1H3. The third kappa shape index (κ3) is 4.13. The average molecular weight is 317 g/mol. The third-order valence-electron chi connectivity index (χ3n) is 3.10. The first-order valence-corrected chi connectivity index (χ1v) is 6.69. The number of nitrogens with one attached hydrogen (secondary N) is 1. The number of benzene rings is 2. The SMILES string of the molecule is COc1ccc(C(=O)COC(=O)c2ccccc2)cc1[NH+]([O-])O. The number of ether oxygens (including phenoxy) is 2. The number of hydrogen-bond donors (Lipinski definition) is 2. The summed E-state index contributed by atoms with van der Waals surface area (Å²) in [5.74, 6) is -0.972. The predicted octanol–water partition coefficient (Wildman–Crippen LogP) is 1.14. The fourth-order valence-electron chi connectivity index (χ4n) is 1.92. The summed E-state index contributed by atoms with van der Waals surface area (Å²) in [6.07, 6.45) is 0. The van der Waals surface area contributed by atoms with Gasteiger partial charge in [0.15, 0.2) is 12.4 Å². The highest BCUT2D eigenvalue weighted by Gasteiger charge is 2.16. The Labute approximate surface area is 132 Å². The number of rotatable bonds is 6. The van der Waals surface area contributed by atoms with E-state index in [1.54, 1.807) is 30.3 Å². The summed E-state index contributed by atoms with van der Waals surface area (Å²) in [5.41, 5.74) is 0.332. The molecule has 1 unspecified atom stereocenters. The minimum atomic E-state index is -1.21. The van der Waals surface area contributed by atoms with Crippen LogP contribution in [0.25, 0.3) is 0 Å². The number of esters is 1. The van der Waals surface area contributed by atoms with Gasteiger partial charge in [-0.25, -0.2) is 10.0 Å². The summed E-state index contributed by atoms with van der Waals surface area (Å²) in [6.45, 7) is -0.473. The Morgan fingerprint density at radius 3 is 2.43 bits per heavy atom. The highest BCUT2D eigenvalue weighted by atomic mass is 16.8. The van der Waals surface area contributed by atoms with Crippen LogP contribution in [0.2, 0.25) is 0 Å². The Bertz CT molecular complexity index is 699. The van der Waals surface area contributed by atoms with E-state index in [0.717, 1.165) is 0 Å². The van der Waals surface area contributed by atoms with Crippen LogP contribution in [0.3, 0.4) is 0 Å². The van der Waals surface area contributed by atoms with Crippen molar-refractivity contribution in [2.75, 3.05) is 13.7 Å². The van der Waals surface area contributed by atoms with Gasteiger partial charge in [0, 0.05) is 11.6 Å². The summed E-state index contributed by atoms with van der Waals surface area (Å²) in [4.78, 5) is 23.8. The van der Waals surface area contributed by atoms with Crippen LogP contribution in [-0.2, 0) is 4.74 Å². The maximum absolute atomic E-state index is 12.0. The number of Topliss-reactive ketones (excluding diaryl/α,β-unsaturated/α-hetero) is 1. The lowest BCUT2D eigenvalue weighted by Gasteiger charge is -2.15. The maximum atomic E-state index is 12.0. The van der Waals surface area contributed by atoms with Crippen LogP contribution >= 0.6 is 0 Å². The summed E-state index contributed by atoms with van der Waals surface area (Å²) in [6, 6.07) is 12.3. The van der Waals surface area contributed by atoms with Gasteiger partial charge in [0.2, 0.25) is 11.5 Å². The van der Waals surface area contributed by atoms with E-state index in [9.17, 15) is 14.8 Å². The van der Waals surface area contributed by atoms with Crippen LogP contribution < -0.4 is 9.96 Å². The van der Waals surface area contributed by atoms with Crippen LogP contribution in [0.5, 0.6) is 5.75 Å². The van der Waals surface area contributed by atoms with E-state index in [0.29, 0.717) is 5.56 Å². The van der Waals surface area contributed by atoms with Crippen molar-refractivity contribution < 1.29 is 29.5 Å². The molecule has 2 N–H and O–H groups in total. The van der Waals surface area contributed by atoms with Gasteiger partial charge in [-0.05, 0) is 24.3 Å². The smallest absolute Gasteiger partial charge is 0.338 e. The molecule has 7 nitrogen and oxygen atoms in total. The number of hydrogen-bond acceptors (Lipinski definition) is 6. The van der Waals surface area contributed by atoms with Crippen LogP contribution in [0.15, 0.2) is 48.5 Å². The molecule has 0 aromatic heterocycles. The zero-order chi connectivity index (χ0) is 16.8. The van der Waals surface area contributed by atoms with Gasteiger partial charge < -0.3 is 14.7 Å². The van der Waals surface area contributed by atoms with Gasteiger partial charge in [-0.2, -0.15) is 5.23 Å². The van der Waals surface area contributed by atoms with E-state index in [4.69, 9.17) is 14.7 Å². The Hall–Kier alpha value is -2.74. The van der Waals surface area contributed by atoms with Gasteiger partial charge in [0.25, 0.3) is 0 Å². The third-order valence-corrected chi connectivity index (χ3v) is 3.10. The molecule has 0 amide bonds. The van der Waals surface area contributed by atoms with E-state index < -0.39 is 23.6 Å². The van der Waals surface area contributed by atoms with E-state index >= 15 is 0 Å². The highest BCUT2D eigenvalue weighted by Crippen LogP contribution is 2.22. The van der Waals surface area contributed by atoms with Crippen molar-refractivity contribution in [2.24, 2.45) is 0 Å². The monoisotopic (exact) mass is 317 g/mol.